The number of amides is 3. The number of carbonyl (C=O) groups excluding carboxylic acids is 2. The molecule has 1 aromatic carbocycles. The fourth-order valence-corrected chi connectivity index (χ4v) is 2.64. The highest BCUT2D eigenvalue weighted by Gasteiger charge is 2.18. The SMILES string of the molecule is Cc1ccc(C(=O)N[C@H]2CCCNC2)cc1NC(=O)NC(C)(C)C. The van der Waals surface area contributed by atoms with E-state index in [1.54, 1.807) is 12.1 Å². The smallest absolute Gasteiger partial charge is 0.319 e. The van der Waals surface area contributed by atoms with Crippen molar-refractivity contribution in [1.29, 1.82) is 0 Å². The highest BCUT2D eigenvalue weighted by atomic mass is 16.2. The van der Waals surface area contributed by atoms with Crippen molar-refractivity contribution in [2.75, 3.05) is 18.4 Å². The van der Waals surface area contributed by atoms with Crippen molar-refractivity contribution < 1.29 is 9.59 Å². The largest absolute Gasteiger partial charge is 0.348 e. The number of hydrogen-bond donors (Lipinski definition) is 4. The number of benzene rings is 1. The van der Waals surface area contributed by atoms with Crippen molar-refractivity contribution in [1.82, 2.24) is 16.0 Å². The third-order valence-corrected chi connectivity index (χ3v) is 3.87. The standard InChI is InChI=1S/C18H28N4O2/c1-12-7-8-13(16(23)20-14-6-5-9-19-11-14)10-15(12)21-17(24)22-18(2,3)4/h7-8,10,14,19H,5-6,9,11H2,1-4H3,(H,20,23)(H2,21,22,24)/t14-/m0/s1. The van der Waals surface area contributed by atoms with Gasteiger partial charge in [0, 0.05) is 29.4 Å². The molecule has 0 bridgehead atoms. The van der Waals surface area contributed by atoms with Crippen LogP contribution in [-0.2, 0) is 0 Å². The van der Waals surface area contributed by atoms with Gasteiger partial charge in [0.15, 0.2) is 0 Å². The summed E-state index contributed by atoms with van der Waals surface area (Å²) in [7, 11) is 0. The van der Waals surface area contributed by atoms with Gasteiger partial charge in [-0.2, -0.15) is 0 Å². The van der Waals surface area contributed by atoms with Crippen molar-refractivity contribution in [3.63, 3.8) is 0 Å². The Morgan fingerprint density at radius 1 is 1.25 bits per heavy atom. The number of anilines is 1. The predicted molar refractivity (Wildman–Crippen MR) is 96.4 cm³/mol. The Kier molecular flexibility index (Phi) is 5.83. The molecule has 1 fully saturated rings. The minimum Gasteiger partial charge on any atom is -0.348 e. The lowest BCUT2D eigenvalue weighted by Crippen LogP contribution is -2.45. The molecule has 2 rings (SSSR count). The molecule has 1 atom stereocenters. The minimum atomic E-state index is -0.318. The maximum Gasteiger partial charge on any atom is 0.319 e. The molecule has 6 heteroatoms. The summed E-state index contributed by atoms with van der Waals surface area (Å²) in [4.78, 5) is 24.5. The Morgan fingerprint density at radius 2 is 2.00 bits per heavy atom. The first-order valence-electron chi connectivity index (χ1n) is 8.46. The van der Waals surface area contributed by atoms with E-state index in [9.17, 15) is 9.59 Å². The lowest BCUT2D eigenvalue weighted by molar-refractivity contribution is 0.0930. The van der Waals surface area contributed by atoms with Crippen molar-refractivity contribution >= 4 is 17.6 Å². The Hall–Kier alpha value is -2.08. The van der Waals surface area contributed by atoms with Gasteiger partial charge in [0.2, 0.25) is 0 Å². The zero-order valence-corrected chi connectivity index (χ0v) is 15.0. The average molecular weight is 332 g/mol. The van der Waals surface area contributed by atoms with Gasteiger partial charge in [0.1, 0.15) is 0 Å². The summed E-state index contributed by atoms with van der Waals surface area (Å²) in [6.45, 7) is 9.47. The molecule has 3 amide bonds. The zero-order chi connectivity index (χ0) is 17.7. The van der Waals surface area contributed by atoms with Crippen LogP contribution in [0.25, 0.3) is 0 Å². The second-order valence-corrected chi connectivity index (χ2v) is 7.38. The third kappa shape index (κ3) is 5.53. The van der Waals surface area contributed by atoms with Crippen molar-refractivity contribution in [2.45, 2.75) is 52.1 Å². The van der Waals surface area contributed by atoms with Crippen LogP contribution in [0, 0.1) is 6.92 Å². The van der Waals surface area contributed by atoms with Crippen molar-refractivity contribution in [3.05, 3.63) is 29.3 Å². The lowest BCUT2D eigenvalue weighted by Gasteiger charge is -2.24. The van der Waals surface area contributed by atoms with Crippen LogP contribution in [0.1, 0.15) is 49.5 Å². The summed E-state index contributed by atoms with van der Waals surface area (Å²) < 4.78 is 0. The first-order chi connectivity index (χ1) is 11.2. The first kappa shape index (κ1) is 18.3. The molecule has 0 spiro atoms. The molecule has 1 aromatic rings. The molecule has 1 aliphatic heterocycles. The van der Waals surface area contributed by atoms with E-state index < -0.39 is 0 Å². The zero-order valence-electron chi connectivity index (χ0n) is 15.0. The molecular formula is C18H28N4O2. The number of carbonyl (C=O) groups is 2. The highest BCUT2D eigenvalue weighted by Crippen LogP contribution is 2.17. The topological polar surface area (TPSA) is 82.3 Å². The van der Waals surface area contributed by atoms with E-state index in [4.69, 9.17) is 0 Å². The molecular weight excluding hydrogens is 304 g/mol. The molecule has 0 unspecified atom stereocenters. The first-order valence-corrected chi connectivity index (χ1v) is 8.46. The number of rotatable bonds is 3. The number of hydrogen-bond acceptors (Lipinski definition) is 3. The molecule has 1 heterocycles. The van der Waals surface area contributed by atoms with E-state index in [1.807, 2.05) is 33.8 Å². The van der Waals surface area contributed by atoms with E-state index in [1.165, 1.54) is 0 Å². The van der Waals surface area contributed by atoms with Gasteiger partial charge in [0.25, 0.3) is 5.91 Å². The summed E-state index contributed by atoms with van der Waals surface area (Å²) in [6.07, 6.45) is 2.06. The average Bonchev–Trinajstić information content (AvgIpc) is 2.48. The molecule has 0 aromatic heterocycles. The maximum atomic E-state index is 12.4. The summed E-state index contributed by atoms with van der Waals surface area (Å²) in [5, 5.41) is 12.0. The van der Waals surface area contributed by atoms with Gasteiger partial charge in [-0.15, -0.1) is 0 Å². The summed E-state index contributed by atoms with van der Waals surface area (Å²) in [5.41, 5.74) is 1.79. The van der Waals surface area contributed by atoms with Gasteiger partial charge in [-0.25, -0.2) is 4.79 Å². The van der Waals surface area contributed by atoms with Crippen LogP contribution in [0.2, 0.25) is 0 Å². The van der Waals surface area contributed by atoms with Crippen LogP contribution >= 0.6 is 0 Å². The van der Waals surface area contributed by atoms with Crippen molar-refractivity contribution in [3.8, 4) is 0 Å². The van der Waals surface area contributed by atoms with E-state index >= 15 is 0 Å². The molecule has 24 heavy (non-hydrogen) atoms. The van der Waals surface area contributed by atoms with Crippen LogP contribution < -0.4 is 21.3 Å². The molecule has 0 radical (unpaired) electrons. The van der Waals surface area contributed by atoms with E-state index in [0.717, 1.165) is 31.5 Å². The quantitative estimate of drug-likeness (QED) is 0.686. The lowest BCUT2D eigenvalue weighted by atomic mass is 10.1. The Morgan fingerprint density at radius 3 is 2.62 bits per heavy atom. The van der Waals surface area contributed by atoms with Gasteiger partial charge in [-0.05, 0) is 64.8 Å². The monoisotopic (exact) mass is 332 g/mol. The molecule has 132 valence electrons. The van der Waals surface area contributed by atoms with Gasteiger partial charge in [-0.3, -0.25) is 4.79 Å². The van der Waals surface area contributed by atoms with E-state index in [2.05, 4.69) is 21.3 Å². The second kappa shape index (κ2) is 7.66. The molecule has 1 saturated heterocycles. The highest BCUT2D eigenvalue weighted by molar-refractivity contribution is 5.97. The summed E-state index contributed by atoms with van der Waals surface area (Å²) >= 11 is 0. The van der Waals surface area contributed by atoms with Crippen LogP contribution in [0.4, 0.5) is 10.5 Å². The molecule has 6 nitrogen and oxygen atoms in total. The van der Waals surface area contributed by atoms with Gasteiger partial charge in [0.05, 0.1) is 0 Å². The van der Waals surface area contributed by atoms with Gasteiger partial charge in [-0.1, -0.05) is 6.07 Å². The number of piperidine rings is 1. The molecule has 0 saturated carbocycles. The van der Waals surface area contributed by atoms with E-state index in [-0.39, 0.29) is 23.5 Å². The molecule has 0 aliphatic carbocycles. The fraction of sp³-hybridized carbons (Fsp3) is 0.556. The number of aryl methyl sites for hydroxylation is 1. The Balaban J connectivity index is 2.04. The predicted octanol–water partition coefficient (Wildman–Crippen LogP) is 2.40. The third-order valence-electron chi connectivity index (χ3n) is 3.87. The van der Waals surface area contributed by atoms with E-state index in [0.29, 0.717) is 11.3 Å². The number of nitrogens with one attached hydrogen (secondary N) is 4. The Labute approximate surface area is 143 Å². The van der Waals surface area contributed by atoms with Crippen LogP contribution in [0.15, 0.2) is 18.2 Å². The van der Waals surface area contributed by atoms with Gasteiger partial charge >= 0.3 is 6.03 Å². The summed E-state index contributed by atoms with van der Waals surface area (Å²) in [6, 6.07) is 5.24. The normalized spacial score (nSPS) is 17.9. The summed E-state index contributed by atoms with van der Waals surface area (Å²) in [5.74, 6) is -0.108. The Bertz CT molecular complexity index is 602. The van der Waals surface area contributed by atoms with Crippen LogP contribution in [-0.4, -0.2) is 36.6 Å². The minimum absolute atomic E-state index is 0.108. The fourth-order valence-electron chi connectivity index (χ4n) is 2.64. The van der Waals surface area contributed by atoms with Crippen LogP contribution in [0.3, 0.4) is 0 Å². The van der Waals surface area contributed by atoms with Crippen molar-refractivity contribution in [2.24, 2.45) is 0 Å². The molecule has 1 aliphatic rings. The van der Waals surface area contributed by atoms with Gasteiger partial charge < -0.3 is 21.3 Å². The van der Waals surface area contributed by atoms with Crippen LogP contribution in [0.5, 0.6) is 0 Å². The molecule has 4 N–H and O–H groups in total. The maximum absolute atomic E-state index is 12.4. The number of urea groups is 1. The second-order valence-electron chi connectivity index (χ2n) is 7.38.